The SMILES string of the molecule is Cc1ccccc1C(O)CNS(=O)(=O)c1ccc(C#N)cc1. The average Bonchev–Trinajstić information content (AvgIpc) is 2.53. The van der Waals surface area contributed by atoms with Gasteiger partial charge in [0.2, 0.25) is 10.0 Å². The molecule has 2 N–H and O–H groups in total. The zero-order chi connectivity index (χ0) is 16.2. The van der Waals surface area contributed by atoms with E-state index in [9.17, 15) is 13.5 Å². The molecule has 5 nitrogen and oxygen atoms in total. The van der Waals surface area contributed by atoms with Crippen molar-refractivity contribution in [3.63, 3.8) is 0 Å². The molecule has 0 amide bonds. The molecular weight excluding hydrogens is 300 g/mol. The van der Waals surface area contributed by atoms with Crippen molar-refractivity contribution in [3.8, 4) is 6.07 Å². The van der Waals surface area contributed by atoms with Gasteiger partial charge in [0.1, 0.15) is 0 Å². The van der Waals surface area contributed by atoms with E-state index >= 15 is 0 Å². The molecule has 0 saturated carbocycles. The lowest BCUT2D eigenvalue weighted by Gasteiger charge is -2.14. The monoisotopic (exact) mass is 316 g/mol. The molecule has 114 valence electrons. The second-order valence-corrected chi connectivity index (χ2v) is 6.63. The summed E-state index contributed by atoms with van der Waals surface area (Å²) in [5.74, 6) is 0. The highest BCUT2D eigenvalue weighted by Crippen LogP contribution is 2.17. The van der Waals surface area contributed by atoms with Gasteiger partial charge in [-0.05, 0) is 42.3 Å². The highest BCUT2D eigenvalue weighted by molar-refractivity contribution is 7.89. The molecule has 22 heavy (non-hydrogen) atoms. The lowest BCUT2D eigenvalue weighted by atomic mass is 10.0. The van der Waals surface area contributed by atoms with Crippen LogP contribution in [0.4, 0.5) is 0 Å². The summed E-state index contributed by atoms with van der Waals surface area (Å²) < 4.78 is 26.7. The van der Waals surface area contributed by atoms with E-state index in [0.29, 0.717) is 11.1 Å². The van der Waals surface area contributed by atoms with Gasteiger partial charge >= 0.3 is 0 Å². The van der Waals surface area contributed by atoms with Gasteiger partial charge in [0, 0.05) is 6.54 Å². The van der Waals surface area contributed by atoms with Gasteiger partial charge < -0.3 is 5.11 Å². The maximum Gasteiger partial charge on any atom is 0.240 e. The van der Waals surface area contributed by atoms with E-state index in [1.807, 2.05) is 25.1 Å². The number of rotatable bonds is 5. The van der Waals surface area contributed by atoms with E-state index < -0.39 is 16.1 Å². The van der Waals surface area contributed by atoms with Gasteiger partial charge in [-0.2, -0.15) is 5.26 Å². The molecule has 0 aliphatic heterocycles. The van der Waals surface area contributed by atoms with Crippen molar-refractivity contribution in [2.24, 2.45) is 0 Å². The molecule has 2 aromatic rings. The number of nitrogens with zero attached hydrogens (tertiary/aromatic N) is 1. The van der Waals surface area contributed by atoms with E-state index in [1.165, 1.54) is 24.3 Å². The van der Waals surface area contributed by atoms with Gasteiger partial charge in [0.15, 0.2) is 0 Å². The molecule has 2 rings (SSSR count). The van der Waals surface area contributed by atoms with Crippen molar-refractivity contribution in [3.05, 3.63) is 65.2 Å². The van der Waals surface area contributed by atoms with Crippen LogP contribution in [0.5, 0.6) is 0 Å². The number of aliphatic hydroxyl groups excluding tert-OH is 1. The van der Waals surface area contributed by atoms with Gasteiger partial charge in [-0.25, -0.2) is 13.1 Å². The molecule has 1 atom stereocenters. The van der Waals surface area contributed by atoms with E-state index in [-0.39, 0.29) is 11.4 Å². The molecule has 0 heterocycles. The second-order valence-electron chi connectivity index (χ2n) is 4.86. The van der Waals surface area contributed by atoms with E-state index in [4.69, 9.17) is 5.26 Å². The second kappa shape index (κ2) is 6.71. The number of benzene rings is 2. The minimum atomic E-state index is -3.72. The molecule has 0 bridgehead atoms. The highest BCUT2D eigenvalue weighted by Gasteiger charge is 2.17. The summed E-state index contributed by atoms with van der Waals surface area (Å²) in [6, 6.07) is 14.8. The fourth-order valence-electron chi connectivity index (χ4n) is 2.05. The van der Waals surface area contributed by atoms with Crippen LogP contribution < -0.4 is 4.72 Å². The first-order valence-corrected chi connectivity index (χ1v) is 8.16. The summed E-state index contributed by atoms with van der Waals surface area (Å²) in [5.41, 5.74) is 1.97. The standard InChI is InChI=1S/C16H16N2O3S/c1-12-4-2-3-5-15(12)16(19)11-18-22(20,21)14-8-6-13(10-17)7-9-14/h2-9,16,18-19H,11H2,1H3. The molecular formula is C16H16N2O3S. The van der Waals surface area contributed by atoms with Crippen LogP contribution in [0.2, 0.25) is 0 Å². The summed E-state index contributed by atoms with van der Waals surface area (Å²) >= 11 is 0. The number of hydrogen-bond donors (Lipinski definition) is 2. The van der Waals surface area contributed by atoms with Crippen LogP contribution in [-0.4, -0.2) is 20.1 Å². The van der Waals surface area contributed by atoms with Gasteiger partial charge in [0.05, 0.1) is 22.6 Å². The zero-order valence-electron chi connectivity index (χ0n) is 12.0. The Balaban J connectivity index is 2.09. The first-order valence-electron chi connectivity index (χ1n) is 6.67. The van der Waals surface area contributed by atoms with Crippen LogP contribution in [0.15, 0.2) is 53.4 Å². The molecule has 0 aromatic heterocycles. The van der Waals surface area contributed by atoms with Crippen LogP contribution in [-0.2, 0) is 10.0 Å². The minimum Gasteiger partial charge on any atom is -0.387 e. The van der Waals surface area contributed by atoms with Crippen molar-refractivity contribution in [1.82, 2.24) is 4.72 Å². The van der Waals surface area contributed by atoms with Crippen molar-refractivity contribution in [1.29, 1.82) is 5.26 Å². The Bertz CT molecular complexity index is 793. The lowest BCUT2D eigenvalue weighted by Crippen LogP contribution is -2.28. The number of nitriles is 1. The third kappa shape index (κ3) is 3.71. The fraction of sp³-hybridized carbons (Fsp3) is 0.188. The van der Waals surface area contributed by atoms with Crippen LogP contribution in [0.3, 0.4) is 0 Å². The number of aliphatic hydroxyl groups is 1. The van der Waals surface area contributed by atoms with Crippen molar-refractivity contribution in [2.75, 3.05) is 6.54 Å². The molecule has 0 fully saturated rings. The van der Waals surface area contributed by atoms with Gasteiger partial charge in [0.25, 0.3) is 0 Å². The Morgan fingerprint density at radius 1 is 1.18 bits per heavy atom. The lowest BCUT2D eigenvalue weighted by molar-refractivity contribution is 0.181. The van der Waals surface area contributed by atoms with E-state index in [2.05, 4.69) is 4.72 Å². The maximum atomic E-state index is 12.1. The Morgan fingerprint density at radius 3 is 2.41 bits per heavy atom. The molecule has 2 aromatic carbocycles. The zero-order valence-corrected chi connectivity index (χ0v) is 12.8. The normalized spacial score (nSPS) is 12.6. The quantitative estimate of drug-likeness (QED) is 0.881. The van der Waals surface area contributed by atoms with Crippen molar-refractivity contribution < 1.29 is 13.5 Å². The Hall–Kier alpha value is -2.20. The van der Waals surface area contributed by atoms with Crippen molar-refractivity contribution in [2.45, 2.75) is 17.9 Å². The van der Waals surface area contributed by atoms with Crippen LogP contribution in [0.1, 0.15) is 22.8 Å². The molecule has 1 unspecified atom stereocenters. The number of hydrogen-bond acceptors (Lipinski definition) is 4. The summed E-state index contributed by atoms with van der Waals surface area (Å²) in [6.45, 7) is 1.74. The van der Waals surface area contributed by atoms with Crippen molar-refractivity contribution >= 4 is 10.0 Å². The summed E-state index contributed by atoms with van der Waals surface area (Å²) in [5, 5.41) is 18.8. The van der Waals surface area contributed by atoms with E-state index in [1.54, 1.807) is 12.1 Å². The molecule has 0 aliphatic rings. The molecule has 0 saturated heterocycles. The first kappa shape index (κ1) is 16.2. The maximum absolute atomic E-state index is 12.1. The molecule has 6 heteroatoms. The topological polar surface area (TPSA) is 90.2 Å². The number of aryl methyl sites for hydroxylation is 1. The molecule has 0 aliphatic carbocycles. The first-order chi connectivity index (χ1) is 10.4. The minimum absolute atomic E-state index is 0.0588. The van der Waals surface area contributed by atoms with Crippen LogP contribution in [0, 0.1) is 18.3 Å². The fourth-order valence-corrected chi connectivity index (χ4v) is 3.09. The summed E-state index contributed by atoms with van der Waals surface area (Å²) in [7, 11) is -3.72. The predicted octanol–water partition coefficient (Wildman–Crippen LogP) is 1.88. The van der Waals surface area contributed by atoms with Crippen LogP contribution in [0.25, 0.3) is 0 Å². The summed E-state index contributed by atoms with van der Waals surface area (Å²) in [6.07, 6.45) is -0.922. The predicted molar refractivity (Wildman–Crippen MR) is 82.5 cm³/mol. The van der Waals surface area contributed by atoms with Crippen LogP contribution >= 0.6 is 0 Å². The third-order valence-corrected chi connectivity index (χ3v) is 4.75. The molecule has 0 radical (unpaired) electrons. The Labute approximate surface area is 129 Å². The largest absolute Gasteiger partial charge is 0.387 e. The van der Waals surface area contributed by atoms with E-state index in [0.717, 1.165) is 5.56 Å². The Kier molecular flexibility index (Phi) is 4.93. The average molecular weight is 316 g/mol. The van der Waals surface area contributed by atoms with Gasteiger partial charge in [-0.15, -0.1) is 0 Å². The highest BCUT2D eigenvalue weighted by atomic mass is 32.2. The van der Waals surface area contributed by atoms with Gasteiger partial charge in [-0.3, -0.25) is 0 Å². The number of sulfonamides is 1. The smallest absolute Gasteiger partial charge is 0.240 e. The third-order valence-electron chi connectivity index (χ3n) is 3.31. The number of nitrogens with one attached hydrogen (secondary N) is 1. The summed E-state index contributed by atoms with van der Waals surface area (Å²) in [4.78, 5) is 0.0588. The Morgan fingerprint density at radius 2 is 1.82 bits per heavy atom. The van der Waals surface area contributed by atoms with Gasteiger partial charge in [-0.1, -0.05) is 24.3 Å². The molecule has 0 spiro atoms.